The van der Waals surface area contributed by atoms with E-state index in [4.69, 9.17) is 0 Å². The van der Waals surface area contributed by atoms with Crippen molar-refractivity contribution >= 4 is 17.9 Å². The molecule has 0 spiro atoms. The smallest absolute Gasteiger partial charge is 0.423 e. The maximum absolute atomic E-state index is 12.0. The van der Waals surface area contributed by atoms with Crippen LogP contribution in [0.3, 0.4) is 0 Å². The molecule has 1 radical (unpaired) electrons. The molecule has 1 rings (SSSR count). The first-order valence-corrected chi connectivity index (χ1v) is 5.61. The molecule has 1 saturated heterocycles. The number of amides is 3. The number of ether oxygens (including phenoxy) is 1. The average molecular weight is 257 g/mol. The van der Waals surface area contributed by atoms with Gasteiger partial charge in [0.1, 0.15) is 11.1 Å². The van der Waals surface area contributed by atoms with Crippen molar-refractivity contribution in [3.63, 3.8) is 0 Å². The third-order valence-corrected chi connectivity index (χ3v) is 2.92. The van der Waals surface area contributed by atoms with Crippen LogP contribution in [0.5, 0.6) is 0 Å². The van der Waals surface area contributed by atoms with Gasteiger partial charge in [0.25, 0.3) is 11.8 Å². The van der Waals surface area contributed by atoms with E-state index in [1.807, 2.05) is 0 Å². The fourth-order valence-electron chi connectivity index (χ4n) is 1.87. The topological polar surface area (TPSA) is 86.8 Å². The highest BCUT2D eigenvalue weighted by Crippen LogP contribution is 2.33. The standard InChI is InChI=1S/C11H17N2O5/c1-6-18-9(16)12-7(14)10(2,3)13(17)11(4,5)8(12)15/h6H2,1-5H3. The second-order valence-corrected chi connectivity index (χ2v) is 5.06. The first-order valence-electron chi connectivity index (χ1n) is 5.61. The Balaban J connectivity index is 3.24. The van der Waals surface area contributed by atoms with E-state index in [1.165, 1.54) is 27.7 Å². The van der Waals surface area contributed by atoms with Crippen LogP contribution in [0.15, 0.2) is 0 Å². The summed E-state index contributed by atoms with van der Waals surface area (Å²) in [5.74, 6) is -1.75. The van der Waals surface area contributed by atoms with E-state index in [-0.39, 0.29) is 6.61 Å². The van der Waals surface area contributed by atoms with Gasteiger partial charge in [-0.1, -0.05) is 0 Å². The predicted molar refractivity (Wildman–Crippen MR) is 59.6 cm³/mol. The van der Waals surface area contributed by atoms with Gasteiger partial charge in [-0.25, -0.2) is 4.79 Å². The molecular weight excluding hydrogens is 240 g/mol. The van der Waals surface area contributed by atoms with Crippen LogP contribution in [0.25, 0.3) is 0 Å². The molecule has 0 bridgehead atoms. The Kier molecular flexibility index (Phi) is 3.51. The van der Waals surface area contributed by atoms with Crippen molar-refractivity contribution in [2.45, 2.75) is 45.7 Å². The molecule has 0 atom stereocenters. The van der Waals surface area contributed by atoms with Crippen molar-refractivity contribution in [2.24, 2.45) is 0 Å². The fraction of sp³-hybridized carbons (Fsp3) is 0.727. The highest BCUT2D eigenvalue weighted by Gasteiger charge is 2.59. The lowest BCUT2D eigenvalue weighted by Crippen LogP contribution is -2.73. The minimum Gasteiger partial charge on any atom is -0.449 e. The lowest BCUT2D eigenvalue weighted by molar-refractivity contribution is -0.273. The summed E-state index contributed by atoms with van der Waals surface area (Å²) in [4.78, 5) is 36.1. The zero-order chi connectivity index (χ0) is 14.3. The van der Waals surface area contributed by atoms with Crippen molar-refractivity contribution in [1.82, 2.24) is 9.96 Å². The number of hydrogen-bond acceptors (Lipinski definition) is 5. The summed E-state index contributed by atoms with van der Waals surface area (Å²) in [5, 5.41) is 12.4. The Morgan fingerprint density at radius 1 is 1.11 bits per heavy atom. The number of hydroxylamine groups is 2. The number of rotatable bonds is 1. The van der Waals surface area contributed by atoms with Crippen LogP contribution < -0.4 is 0 Å². The van der Waals surface area contributed by atoms with E-state index < -0.39 is 29.0 Å². The molecule has 0 aromatic heterocycles. The SMILES string of the molecule is CCOC(=O)N1C(=O)C(C)(C)N([O])C(C)(C)C1=O. The van der Waals surface area contributed by atoms with Crippen LogP contribution in [0.1, 0.15) is 34.6 Å². The first kappa shape index (κ1) is 14.6. The van der Waals surface area contributed by atoms with Gasteiger partial charge in [-0.2, -0.15) is 4.90 Å². The maximum Gasteiger partial charge on any atom is 0.423 e. The molecule has 0 aromatic rings. The van der Waals surface area contributed by atoms with Gasteiger partial charge in [-0.3, -0.25) is 9.59 Å². The van der Waals surface area contributed by atoms with E-state index in [0.717, 1.165) is 0 Å². The molecule has 7 nitrogen and oxygen atoms in total. The number of piperazine rings is 1. The molecule has 1 fully saturated rings. The van der Waals surface area contributed by atoms with Crippen LogP contribution >= 0.6 is 0 Å². The molecule has 1 aliphatic rings. The number of carbonyl (C=O) groups excluding carboxylic acids is 3. The van der Waals surface area contributed by atoms with Gasteiger partial charge < -0.3 is 4.74 Å². The third kappa shape index (κ3) is 1.89. The van der Waals surface area contributed by atoms with Crippen molar-refractivity contribution in [2.75, 3.05) is 6.61 Å². The van der Waals surface area contributed by atoms with Crippen LogP contribution in [0, 0.1) is 0 Å². The summed E-state index contributed by atoms with van der Waals surface area (Å²) in [5.41, 5.74) is -2.99. The highest BCUT2D eigenvalue weighted by atomic mass is 16.6. The Labute approximate surface area is 105 Å². The molecule has 101 valence electrons. The van der Waals surface area contributed by atoms with Crippen molar-refractivity contribution in [1.29, 1.82) is 0 Å². The van der Waals surface area contributed by atoms with Gasteiger partial charge in [-0.05, 0) is 34.6 Å². The second kappa shape index (κ2) is 4.33. The minimum absolute atomic E-state index is 0.0395. The molecule has 0 aromatic carbocycles. The number of nitrogens with zero attached hydrogens (tertiary/aromatic N) is 2. The molecule has 0 N–H and O–H groups in total. The Hall–Kier alpha value is -1.47. The number of hydrogen-bond donors (Lipinski definition) is 0. The van der Waals surface area contributed by atoms with Gasteiger partial charge in [-0.15, -0.1) is 10.3 Å². The fourth-order valence-corrected chi connectivity index (χ4v) is 1.87. The maximum atomic E-state index is 12.0. The van der Waals surface area contributed by atoms with Crippen molar-refractivity contribution < 1.29 is 24.3 Å². The summed E-state index contributed by atoms with van der Waals surface area (Å²) in [6.07, 6.45) is -1.04. The number of imide groups is 3. The molecule has 7 heteroatoms. The van der Waals surface area contributed by atoms with Crippen LogP contribution in [0.4, 0.5) is 4.79 Å². The largest absolute Gasteiger partial charge is 0.449 e. The summed E-state index contributed by atoms with van der Waals surface area (Å²) in [6, 6.07) is 0. The Morgan fingerprint density at radius 3 is 1.83 bits per heavy atom. The van der Waals surface area contributed by atoms with Crippen LogP contribution in [-0.2, 0) is 19.5 Å². The lowest BCUT2D eigenvalue weighted by Gasteiger charge is -2.46. The zero-order valence-corrected chi connectivity index (χ0v) is 11.1. The average Bonchev–Trinajstić information content (AvgIpc) is 2.26. The van der Waals surface area contributed by atoms with Gasteiger partial charge in [0.15, 0.2) is 0 Å². The van der Waals surface area contributed by atoms with Crippen molar-refractivity contribution in [3.8, 4) is 0 Å². The highest BCUT2D eigenvalue weighted by molar-refractivity contribution is 6.15. The summed E-state index contributed by atoms with van der Waals surface area (Å²) < 4.78 is 4.67. The molecule has 0 saturated carbocycles. The number of carbonyl (C=O) groups is 3. The van der Waals surface area contributed by atoms with Gasteiger partial charge in [0.05, 0.1) is 6.61 Å². The predicted octanol–water partition coefficient (Wildman–Crippen LogP) is 0.716. The van der Waals surface area contributed by atoms with Crippen molar-refractivity contribution in [3.05, 3.63) is 0 Å². The molecule has 1 aliphatic heterocycles. The molecular formula is C11H17N2O5. The van der Waals surface area contributed by atoms with Gasteiger partial charge in [0, 0.05) is 0 Å². The van der Waals surface area contributed by atoms with Gasteiger partial charge in [0.2, 0.25) is 0 Å². The Morgan fingerprint density at radius 2 is 1.50 bits per heavy atom. The monoisotopic (exact) mass is 257 g/mol. The molecule has 1 heterocycles. The van der Waals surface area contributed by atoms with Crippen LogP contribution in [-0.4, -0.2) is 45.6 Å². The van der Waals surface area contributed by atoms with E-state index in [1.54, 1.807) is 6.92 Å². The van der Waals surface area contributed by atoms with E-state index in [2.05, 4.69) is 4.74 Å². The van der Waals surface area contributed by atoms with E-state index in [0.29, 0.717) is 9.96 Å². The summed E-state index contributed by atoms with van der Waals surface area (Å²) >= 11 is 0. The third-order valence-electron chi connectivity index (χ3n) is 2.92. The molecule has 0 unspecified atom stereocenters. The summed E-state index contributed by atoms with van der Waals surface area (Å²) in [6.45, 7) is 7.06. The van der Waals surface area contributed by atoms with Crippen LogP contribution in [0.2, 0.25) is 0 Å². The molecule has 18 heavy (non-hydrogen) atoms. The quantitative estimate of drug-likeness (QED) is 0.646. The first-order chi connectivity index (χ1) is 8.08. The normalized spacial score (nSPS) is 23.1. The Bertz CT molecular complexity index is 374. The minimum atomic E-state index is -1.50. The van der Waals surface area contributed by atoms with E-state index in [9.17, 15) is 19.6 Å². The molecule has 3 amide bonds. The lowest BCUT2D eigenvalue weighted by atomic mass is 9.89. The zero-order valence-electron chi connectivity index (χ0n) is 11.1. The van der Waals surface area contributed by atoms with Gasteiger partial charge >= 0.3 is 6.09 Å². The van der Waals surface area contributed by atoms with E-state index >= 15 is 0 Å². The molecule has 0 aliphatic carbocycles. The second-order valence-electron chi connectivity index (χ2n) is 5.06. The summed E-state index contributed by atoms with van der Waals surface area (Å²) in [7, 11) is 0.